The summed E-state index contributed by atoms with van der Waals surface area (Å²) in [6.07, 6.45) is 1.15. The van der Waals surface area contributed by atoms with E-state index in [0.29, 0.717) is 0 Å². The third-order valence-corrected chi connectivity index (χ3v) is 2.62. The van der Waals surface area contributed by atoms with Crippen molar-refractivity contribution in [3.63, 3.8) is 0 Å². The molecule has 19 heavy (non-hydrogen) atoms. The monoisotopic (exact) mass is 283 g/mol. The van der Waals surface area contributed by atoms with Crippen molar-refractivity contribution in [1.29, 1.82) is 0 Å². The summed E-state index contributed by atoms with van der Waals surface area (Å²) in [6, 6.07) is 5.47. The molecule has 0 amide bonds. The quantitative estimate of drug-likeness (QED) is 0.490. The van der Waals surface area contributed by atoms with Gasteiger partial charge in [0.1, 0.15) is 12.4 Å². The van der Waals surface area contributed by atoms with E-state index in [1.54, 1.807) is 0 Å². The van der Waals surface area contributed by atoms with Crippen LogP contribution in [0.4, 0.5) is 10.2 Å². The van der Waals surface area contributed by atoms with Gasteiger partial charge < -0.3 is 10.1 Å². The molecule has 0 aliphatic carbocycles. The molecule has 1 aromatic heterocycles. The lowest BCUT2D eigenvalue weighted by Gasteiger charge is -2.00. The topological polar surface area (TPSA) is 78.0 Å². The lowest BCUT2D eigenvalue weighted by Crippen LogP contribution is -2.12. The fraction of sp³-hybridized carbons (Fsp3) is 0.0909. The van der Waals surface area contributed by atoms with Gasteiger partial charge in [-0.05, 0) is 17.1 Å². The van der Waals surface area contributed by atoms with Crippen LogP contribution in [0.1, 0.15) is 10.4 Å². The molecule has 98 valence electrons. The zero-order valence-corrected chi connectivity index (χ0v) is 10.2. The Kier molecular flexibility index (Phi) is 3.57. The zero-order valence-electron chi connectivity index (χ0n) is 9.42. The number of hydrogen-bond donors (Lipinski definition) is 0. The molecule has 2 aromatic rings. The molecule has 0 saturated carbocycles. The van der Waals surface area contributed by atoms with Crippen molar-refractivity contribution in [3.05, 3.63) is 57.0 Å². The van der Waals surface area contributed by atoms with Gasteiger partial charge in [0.2, 0.25) is 0 Å². The van der Waals surface area contributed by atoms with Crippen LogP contribution < -0.4 is 0 Å². The van der Waals surface area contributed by atoms with E-state index in [-0.39, 0.29) is 17.1 Å². The fourth-order valence-corrected chi connectivity index (χ4v) is 1.73. The lowest BCUT2D eigenvalue weighted by molar-refractivity contribution is -0.389. The van der Waals surface area contributed by atoms with Crippen molar-refractivity contribution in [1.82, 2.24) is 9.78 Å². The molecule has 0 N–H and O–H groups in total. The summed E-state index contributed by atoms with van der Waals surface area (Å²) in [6.45, 7) is -0.325. The Balaban J connectivity index is 2.22. The van der Waals surface area contributed by atoms with Crippen molar-refractivity contribution < 1.29 is 14.1 Å². The Labute approximate surface area is 111 Å². The number of rotatable bonds is 4. The number of halogens is 2. The third kappa shape index (κ3) is 2.76. The molecule has 0 aliphatic heterocycles. The first-order chi connectivity index (χ1) is 8.99. The number of hydrogen-bond acceptors (Lipinski definition) is 4. The highest BCUT2D eigenvalue weighted by Gasteiger charge is 2.21. The van der Waals surface area contributed by atoms with Crippen LogP contribution in [0, 0.1) is 15.9 Å². The molecule has 0 aliphatic rings. The minimum absolute atomic E-state index is 0.100. The van der Waals surface area contributed by atoms with E-state index in [1.807, 2.05) is 0 Å². The van der Waals surface area contributed by atoms with Crippen LogP contribution in [0.3, 0.4) is 0 Å². The van der Waals surface area contributed by atoms with Gasteiger partial charge in [-0.15, -0.1) is 0 Å². The second kappa shape index (κ2) is 5.15. The Hall–Kier alpha value is -2.28. The Bertz CT molecular complexity index is 656. The van der Waals surface area contributed by atoms with Crippen molar-refractivity contribution in [3.8, 4) is 0 Å². The first kappa shape index (κ1) is 13.2. The highest BCUT2D eigenvalue weighted by Crippen LogP contribution is 2.21. The number of ketones is 1. The maximum absolute atomic E-state index is 13.4. The van der Waals surface area contributed by atoms with Crippen molar-refractivity contribution in [2.45, 2.75) is 6.54 Å². The van der Waals surface area contributed by atoms with E-state index in [1.165, 1.54) is 18.2 Å². The number of carbonyl (C=O) groups is 1. The average Bonchev–Trinajstić information content (AvgIpc) is 2.70. The second-order valence-corrected chi connectivity index (χ2v) is 4.07. The number of nitro groups is 1. The first-order valence-electron chi connectivity index (χ1n) is 5.14. The summed E-state index contributed by atoms with van der Waals surface area (Å²) in [5, 5.41) is 13.9. The maximum Gasteiger partial charge on any atom is 0.408 e. The third-order valence-electron chi connectivity index (χ3n) is 2.35. The van der Waals surface area contributed by atoms with E-state index in [2.05, 4.69) is 5.10 Å². The molecule has 0 unspecified atom stereocenters. The molecular weight excluding hydrogens is 277 g/mol. The Morgan fingerprint density at radius 3 is 2.74 bits per heavy atom. The highest BCUT2D eigenvalue weighted by molar-refractivity contribution is 6.32. The second-order valence-electron chi connectivity index (χ2n) is 3.66. The van der Waals surface area contributed by atoms with Gasteiger partial charge in [-0.3, -0.25) is 4.79 Å². The molecule has 0 bridgehead atoms. The predicted molar refractivity (Wildman–Crippen MR) is 64.6 cm³/mol. The van der Waals surface area contributed by atoms with Crippen molar-refractivity contribution >= 4 is 23.2 Å². The van der Waals surface area contributed by atoms with Crippen LogP contribution >= 0.6 is 11.6 Å². The molecular formula is C11H7ClFN3O3. The van der Waals surface area contributed by atoms with Gasteiger partial charge >= 0.3 is 5.82 Å². The van der Waals surface area contributed by atoms with Crippen molar-refractivity contribution in [2.75, 3.05) is 0 Å². The van der Waals surface area contributed by atoms with Gasteiger partial charge in [-0.25, -0.2) is 4.39 Å². The average molecular weight is 284 g/mol. The summed E-state index contributed by atoms with van der Waals surface area (Å²) >= 11 is 5.59. The lowest BCUT2D eigenvalue weighted by atomic mass is 10.1. The van der Waals surface area contributed by atoms with Crippen LogP contribution in [0.2, 0.25) is 5.02 Å². The van der Waals surface area contributed by atoms with E-state index in [9.17, 15) is 19.3 Å². The molecule has 0 radical (unpaired) electrons. The summed E-state index contributed by atoms with van der Waals surface area (Å²) < 4.78 is 14.4. The number of carbonyl (C=O) groups excluding carboxylic acids is 1. The van der Waals surface area contributed by atoms with E-state index in [4.69, 9.17) is 11.6 Å². The fourth-order valence-electron chi connectivity index (χ4n) is 1.51. The molecule has 0 spiro atoms. The van der Waals surface area contributed by atoms with Crippen molar-refractivity contribution in [2.24, 2.45) is 0 Å². The Morgan fingerprint density at radius 1 is 1.47 bits per heavy atom. The van der Waals surface area contributed by atoms with Crippen LogP contribution in [-0.2, 0) is 6.54 Å². The molecule has 0 fully saturated rings. The molecule has 0 saturated heterocycles. The summed E-state index contributed by atoms with van der Waals surface area (Å²) in [5.74, 6) is -1.74. The minimum Gasteiger partial charge on any atom is -0.358 e. The number of Topliss-reactive ketones (excluding diaryl/α,β-unsaturated/α-hetero) is 1. The van der Waals surface area contributed by atoms with E-state index < -0.39 is 22.3 Å². The van der Waals surface area contributed by atoms with E-state index >= 15 is 0 Å². The summed E-state index contributed by atoms with van der Waals surface area (Å²) in [4.78, 5) is 21.6. The number of benzene rings is 1. The number of aromatic nitrogens is 2. The number of nitrogens with zero attached hydrogens (tertiary/aromatic N) is 3. The van der Waals surface area contributed by atoms with Gasteiger partial charge in [0.05, 0.1) is 16.9 Å². The molecule has 8 heteroatoms. The van der Waals surface area contributed by atoms with Crippen LogP contribution in [0.25, 0.3) is 0 Å². The Morgan fingerprint density at radius 2 is 2.16 bits per heavy atom. The van der Waals surface area contributed by atoms with Gasteiger partial charge in [-0.2, -0.15) is 4.68 Å². The largest absolute Gasteiger partial charge is 0.408 e. The molecule has 1 aromatic carbocycles. The molecule has 2 rings (SSSR count). The van der Waals surface area contributed by atoms with Crippen LogP contribution in [-0.4, -0.2) is 20.5 Å². The summed E-state index contributed by atoms with van der Waals surface area (Å²) in [7, 11) is 0. The molecule has 0 atom stereocenters. The van der Waals surface area contributed by atoms with Crippen LogP contribution in [0.15, 0.2) is 30.5 Å². The maximum atomic E-state index is 13.4. The van der Waals surface area contributed by atoms with Gasteiger partial charge in [0, 0.05) is 0 Å². The van der Waals surface area contributed by atoms with Gasteiger partial charge in [0.15, 0.2) is 10.8 Å². The smallest absolute Gasteiger partial charge is 0.358 e. The normalized spacial score (nSPS) is 10.4. The van der Waals surface area contributed by atoms with Gasteiger partial charge in [0.25, 0.3) is 0 Å². The zero-order chi connectivity index (χ0) is 14.0. The van der Waals surface area contributed by atoms with Crippen LogP contribution in [0.5, 0.6) is 0 Å². The molecule has 6 nitrogen and oxygen atoms in total. The van der Waals surface area contributed by atoms with E-state index in [0.717, 1.165) is 16.9 Å². The standard InChI is InChI=1S/C11H7ClFN3O3/c12-8-5-15(14-11(8)16(18)19)6-10(17)7-3-1-2-4-9(7)13/h1-5H,6H2. The first-order valence-corrected chi connectivity index (χ1v) is 5.52. The minimum atomic E-state index is -0.758. The summed E-state index contributed by atoms with van der Waals surface area (Å²) in [5.41, 5.74) is -0.100. The van der Waals surface area contributed by atoms with Gasteiger partial charge in [-0.1, -0.05) is 23.7 Å². The highest BCUT2D eigenvalue weighted by atomic mass is 35.5. The SMILES string of the molecule is O=C(Cn1cc(Cl)c([N+](=O)[O-])n1)c1ccccc1F. The molecule has 1 heterocycles. The predicted octanol–water partition coefficient (Wildman–Crippen LogP) is 2.47.